The van der Waals surface area contributed by atoms with Crippen molar-refractivity contribution in [1.82, 2.24) is 0 Å². The van der Waals surface area contributed by atoms with Crippen LogP contribution in [0.5, 0.6) is 0 Å². The smallest absolute Gasteiger partial charge is 0.0543 e. The molecule has 0 rings (SSSR count). The Labute approximate surface area is 80.9 Å². The van der Waals surface area contributed by atoms with Gasteiger partial charge in [-0.05, 0) is 36.7 Å². The van der Waals surface area contributed by atoms with Gasteiger partial charge in [0.15, 0.2) is 0 Å². The molecule has 0 saturated heterocycles. The van der Waals surface area contributed by atoms with Gasteiger partial charge in [-0.1, -0.05) is 20.8 Å². The van der Waals surface area contributed by atoms with Crippen LogP contribution in [0.4, 0.5) is 0 Å². The molecule has 0 fully saturated rings. The highest BCUT2D eigenvalue weighted by atomic mass is 32.2. The predicted molar refractivity (Wildman–Crippen MR) is 57.6 cm³/mol. The Hall–Kier alpha value is 0.310. The molecule has 0 aliphatic rings. The number of hydrogen-bond acceptors (Lipinski definition) is 2. The summed E-state index contributed by atoms with van der Waals surface area (Å²) < 4.78 is 0. The van der Waals surface area contributed by atoms with E-state index in [2.05, 4.69) is 20.8 Å². The Bertz CT molecular complexity index is 94.0. The summed E-state index contributed by atoms with van der Waals surface area (Å²) >= 11 is 1.96. The molecule has 0 bridgehead atoms. The average Bonchev–Trinajstić information content (AvgIpc) is 1.96. The second kappa shape index (κ2) is 6.79. The first-order chi connectivity index (χ1) is 5.59. The van der Waals surface area contributed by atoms with Gasteiger partial charge in [-0.3, -0.25) is 0 Å². The number of thioether (sulfide) groups is 1. The van der Waals surface area contributed by atoms with Crippen molar-refractivity contribution in [2.75, 3.05) is 11.5 Å². The van der Waals surface area contributed by atoms with E-state index in [1.165, 1.54) is 11.5 Å². The predicted octanol–water partition coefficient (Wildman–Crippen LogP) is 2.78. The first kappa shape index (κ1) is 12.3. The molecule has 0 aromatic heterocycles. The van der Waals surface area contributed by atoms with Gasteiger partial charge >= 0.3 is 0 Å². The van der Waals surface area contributed by atoms with Crippen molar-refractivity contribution in [2.24, 2.45) is 11.8 Å². The Morgan fingerprint density at radius 2 is 1.83 bits per heavy atom. The minimum absolute atomic E-state index is 0.151. The molecule has 1 nitrogen and oxygen atoms in total. The fraction of sp³-hybridized carbons (Fsp3) is 1.00. The van der Waals surface area contributed by atoms with Crippen LogP contribution in [0.25, 0.3) is 0 Å². The summed E-state index contributed by atoms with van der Waals surface area (Å²) in [7, 11) is 0. The van der Waals surface area contributed by atoms with Crippen LogP contribution in [0.2, 0.25) is 0 Å². The maximum Gasteiger partial charge on any atom is 0.0543 e. The molecular weight excluding hydrogens is 168 g/mol. The summed E-state index contributed by atoms with van der Waals surface area (Å²) in [5, 5.41) is 9.47. The molecule has 0 radical (unpaired) electrons. The van der Waals surface area contributed by atoms with Gasteiger partial charge in [0.25, 0.3) is 0 Å². The van der Waals surface area contributed by atoms with Crippen molar-refractivity contribution in [3.63, 3.8) is 0 Å². The third-order valence-corrected chi connectivity index (χ3v) is 3.21. The summed E-state index contributed by atoms with van der Waals surface area (Å²) in [6.45, 7) is 8.46. The van der Waals surface area contributed by atoms with Gasteiger partial charge in [-0.2, -0.15) is 11.8 Å². The Kier molecular flexibility index (Phi) is 6.96. The van der Waals surface area contributed by atoms with E-state index in [1.807, 2.05) is 18.7 Å². The molecule has 74 valence electrons. The van der Waals surface area contributed by atoms with Crippen molar-refractivity contribution < 1.29 is 5.11 Å². The summed E-state index contributed by atoms with van der Waals surface area (Å²) in [5.41, 5.74) is 0. The molecule has 0 heterocycles. The molecule has 0 saturated carbocycles. The lowest BCUT2D eigenvalue weighted by Gasteiger charge is -2.23. The minimum Gasteiger partial charge on any atom is -0.393 e. The van der Waals surface area contributed by atoms with Crippen LogP contribution in [0.15, 0.2) is 0 Å². The zero-order valence-corrected chi connectivity index (χ0v) is 9.53. The van der Waals surface area contributed by atoms with Gasteiger partial charge in [0, 0.05) is 0 Å². The van der Waals surface area contributed by atoms with Crippen molar-refractivity contribution in [2.45, 2.75) is 40.2 Å². The Balaban J connectivity index is 3.64. The molecule has 0 aliphatic heterocycles. The van der Waals surface area contributed by atoms with Gasteiger partial charge in [-0.15, -0.1) is 0 Å². The van der Waals surface area contributed by atoms with Crippen LogP contribution in [-0.4, -0.2) is 22.7 Å². The van der Waals surface area contributed by atoms with Crippen LogP contribution in [0, 0.1) is 11.8 Å². The molecule has 2 atom stereocenters. The fourth-order valence-electron chi connectivity index (χ4n) is 1.50. The zero-order valence-electron chi connectivity index (χ0n) is 8.71. The summed E-state index contributed by atoms with van der Waals surface area (Å²) in [6, 6.07) is 0. The van der Waals surface area contributed by atoms with Gasteiger partial charge in [0.1, 0.15) is 0 Å². The van der Waals surface area contributed by atoms with Crippen LogP contribution in [-0.2, 0) is 0 Å². The van der Waals surface area contributed by atoms with Crippen molar-refractivity contribution >= 4 is 11.8 Å². The Morgan fingerprint density at radius 3 is 2.17 bits per heavy atom. The van der Waals surface area contributed by atoms with E-state index in [1.54, 1.807) is 0 Å². The zero-order chi connectivity index (χ0) is 9.56. The van der Waals surface area contributed by atoms with E-state index in [9.17, 15) is 5.11 Å². The standard InChI is InChI=1S/C10H22OS/c1-5-12-7-6-10(8(2)3)9(4)11/h8-11H,5-7H2,1-4H3. The largest absolute Gasteiger partial charge is 0.393 e. The van der Waals surface area contributed by atoms with Gasteiger partial charge in [0.2, 0.25) is 0 Å². The van der Waals surface area contributed by atoms with Crippen LogP contribution >= 0.6 is 11.8 Å². The minimum atomic E-state index is -0.151. The molecular formula is C10H22OS. The molecule has 2 unspecified atom stereocenters. The highest BCUT2D eigenvalue weighted by molar-refractivity contribution is 7.99. The molecule has 0 aliphatic carbocycles. The quantitative estimate of drug-likeness (QED) is 0.650. The molecule has 0 aromatic rings. The first-order valence-electron chi connectivity index (χ1n) is 4.85. The number of rotatable bonds is 6. The lowest BCUT2D eigenvalue weighted by molar-refractivity contribution is 0.0959. The van der Waals surface area contributed by atoms with Gasteiger partial charge in [-0.25, -0.2) is 0 Å². The molecule has 0 spiro atoms. The van der Waals surface area contributed by atoms with E-state index >= 15 is 0 Å². The number of aliphatic hydroxyl groups excluding tert-OH is 1. The normalized spacial score (nSPS) is 16.5. The van der Waals surface area contributed by atoms with E-state index in [4.69, 9.17) is 0 Å². The second-order valence-corrected chi connectivity index (χ2v) is 5.03. The fourth-order valence-corrected chi connectivity index (χ4v) is 2.22. The van der Waals surface area contributed by atoms with Crippen LogP contribution in [0.3, 0.4) is 0 Å². The molecule has 12 heavy (non-hydrogen) atoms. The molecule has 0 amide bonds. The highest BCUT2D eigenvalue weighted by Gasteiger charge is 2.17. The number of aliphatic hydroxyl groups is 1. The summed E-state index contributed by atoms with van der Waals surface area (Å²) in [5.74, 6) is 3.45. The van der Waals surface area contributed by atoms with E-state index in [0.29, 0.717) is 11.8 Å². The lowest BCUT2D eigenvalue weighted by Crippen LogP contribution is -2.22. The average molecular weight is 190 g/mol. The van der Waals surface area contributed by atoms with Crippen molar-refractivity contribution in [3.8, 4) is 0 Å². The first-order valence-corrected chi connectivity index (χ1v) is 6.00. The Morgan fingerprint density at radius 1 is 1.25 bits per heavy atom. The third-order valence-electron chi connectivity index (χ3n) is 2.28. The molecule has 2 heteroatoms. The van der Waals surface area contributed by atoms with E-state index in [0.717, 1.165) is 6.42 Å². The van der Waals surface area contributed by atoms with E-state index in [-0.39, 0.29) is 6.10 Å². The van der Waals surface area contributed by atoms with Crippen LogP contribution < -0.4 is 0 Å². The highest BCUT2D eigenvalue weighted by Crippen LogP contribution is 2.21. The SMILES string of the molecule is CCSCCC(C(C)C)C(C)O. The molecule has 0 aromatic carbocycles. The maximum atomic E-state index is 9.47. The van der Waals surface area contributed by atoms with Crippen molar-refractivity contribution in [3.05, 3.63) is 0 Å². The number of hydrogen-bond donors (Lipinski definition) is 1. The van der Waals surface area contributed by atoms with E-state index < -0.39 is 0 Å². The summed E-state index contributed by atoms with van der Waals surface area (Å²) in [6.07, 6.45) is 0.996. The van der Waals surface area contributed by atoms with Crippen molar-refractivity contribution in [1.29, 1.82) is 0 Å². The van der Waals surface area contributed by atoms with Crippen LogP contribution in [0.1, 0.15) is 34.1 Å². The van der Waals surface area contributed by atoms with Gasteiger partial charge < -0.3 is 5.11 Å². The topological polar surface area (TPSA) is 20.2 Å². The maximum absolute atomic E-state index is 9.47. The third kappa shape index (κ3) is 5.04. The summed E-state index contributed by atoms with van der Waals surface area (Å²) in [4.78, 5) is 0. The lowest BCUT2D eigenvalue weighted by atomic mass is 9.89. The monoisotopic (exact) mass is 190 g/mol. The van der Waals surface area contributed by atoms with Gasteiger partial charge in [0.05, 0.1) is 6.10 Å². The molecule has 1 N–H and O–H groups in total. The second-order valence-electron chi connectivity index (χ2n) is 3.63.